The third kappa shape index (κ3) is 4.31. The van der Waals surface area contributed by atoms with Gasteiger partial charge in [0.05, 0.1) is 10.7 Å². The molecule has 1 heterocycles. The first-order chi connectivity index (χ1) is 13.3. The molecule has 0 aliphatic carbocycles. The number of nitro benzene ring substituents is 1. The van der Waals surface area contributed by atoms with Gasteiger partial charge in [0, 0.05) is 24.4 Å². The molecule has 0 fully saturated rings. The summed E-state index contributed by atoms with van der Waals surface area (Å²) in [5.74, 6) is -1.32. The molecule has 2 aromatic carbocycles. The molecule has 0 spiro atoms. The van der Waals surface area contributed by atoms with Crippen molar-refractivity contribution >= 4 is 29.0 Å². The van der Waals surface area contributed by atoms with Crippen molar-refractivity contribution in [2.45, 2.75) is 5.16 Å². The van der Waals surface area contributed by atoms with Crippen LogP contribution in [0, 0.1) is 21.7 Å². The minimum atomic E-state index is -0.982. The van der Waals surface area contributed by atoms with Crippen molar-refractivity contribution in [2.75, 3.05) is 11.1 Å². The lowest BCUT2D eigenvalue weighted by molar-refractivity contribution is -0.387. The minimum Gasteiger partial charge on any atom is -0.325 e. The van der Waals surface area contributed by atoms with Crippen molar-refractivity contribution in [3.05, 3.63) is 64.2 Å². The molecule has 1 N–H and O–H groups in total. The Kier molecular flexibility index (Phi) is 5.64. The second-order valence-electron chi connectivity index (χ2n) is 5.63. The number of nitrogens with zero attached hydrogens (tertiary/aromatic N) is 4. The van der Waals surface area contributed by atoms with Gasteiger partial charge in [0.25, 0.3) is 0 Å². The van der Waals surface area contributed by atoms with E-state index in [1.807, 2.05) is 0 Å². The topological polar surface area (TPSA) is 103 Å². The molecule has 0 radical (unpaired) electrons. The van der Waals surface area contributed by atoms with Gasteiger partial charge in [-0.05, 0) is 36.4 Å². The van der Waals surface area contributed by atoms with Gasteiger partial charge >= 0.3 is 5.69 Å². The Labute approximate surface area is 161 Å². The van der Waals surface area contributed by atoms with Gasteiger partial charge in [0.1, 0.15) is 5.82 Å². The van der Waals surface area contributed by atoms with Gasteiger partial charge in [-0.1, -0.05) is 11.8 Å². The van der Waals surface area contributed by atoms with Gasteiger partial charge in [0.2, 0.25) is 11.7 Å². The number of rotatable bonds is 6. The first-order valence-electron chi connectivity index (χ1n) is 7.87. The molecule has 28 heavy (non-hydrogen) atoms. The van der Waals surface area contributed by atoms with E-state index in [1.54, 1.807) is 23.7 Å². The van der Waals surface area contributed by atoms with Gasteiger partial charge in [-0.25, -0.2) is 4.39 Å². The Morgan fingerprint density at radius 2 is 1.93 bits per heavy atom. The fourth-order valence-electron chi connectivity index (χ4n) is 2.35. The number of nitrogens with one attached hydrogen (secondary N) is 1. The van der Waals surface area contributed by atoms with Crippen molar-refractivity contribution in [3.63, 3.8) is 0 Å². The third-order valence-electron chi connectivity index (χ3n) is 3.70. The van der Waals surface area contributed by atoms with Crippen molar-refractivity contribution in [1.82, 2.24) is 14.8 Å². The summed E-state index contributed by atoms with van der Waals surface area (Å²) in [5, 5.41) is 21.7. The lowest BCUT2D eigenvalue weighted by atomic mass is 10.2. The molecule has 1 amide bonds. The van der Waals surface area contributed by atoms with E-state index in [9.17, 15) is 23.7 Å². The lowest BCUT2D eigenvalue weighted by Crippen LogP contribution is -2.14. The largest absolute Gasteiger partial charge is 0.325 e. The molecule has 0 bridgehead atoms. The van der Waals surface area contributed by atoms with Gasteiger partial charge in [-0.15, -0.1) is 10.2 Å². The van der Waals surface area contributed by atoms with Crippen LogP contribution in [0.3, 0.4) is 0 Å². The number of amides is 1. The summed E-state index contributed by atoms with van der Waals surface area (Å²) >= 11 is 1.10. The molecule has 3 rings (SSSR count). The van der Waals surface area contributed by atoms with Crippen LogP contribution in [0.5, 0.6) is 0 Å². The van der Waals surface area contributed by atoms with Crippen molar-refractivity contribution in [3.8, 4) is 11.4 Å². The van der Waals surface area contributed by atoms with Crippen LogP contribution in [0.1, 0.15) is 0 Å². The third-order valence-corrected chi connectivity index (χ3v) is 4.72. The van der Waals surface area contributed by atoms with E-state index in [-0.39, 0.29) is 17.3 Å². The van der Waals surface area contributed by atoms with Crippen molar-refractivity contribution in [1.29, 1.82) is 0 Å². The molecule has 8 nitrogen and oxygen atoms in total. The maximum absolute atomic E-state index is 13.3. The Balaban J connectivity index is 1.65. The normalized spacial score (nSPS) is 10.7. The minimum absolute atomic E-state index is 0.0411. The van der Waals surface area contributed by atoms with Gasteiger partial charge in [-0.3, -0.25) is 14.9 Å². The van der Waals surface area contributed by atoms with E-state index >= 15 is 0 Å². The highest BCUT2D eigenvalue weighted by Crippen LogP contribution is 2.24. The number of thioether (sulfide) groups is 1. The summed E-state index contributed by atoms with van der Waals surface area (Å²) in [6.07, 6.45) is 0. The molecule has 0 aliphatic heterocycles. The summed E-state index contributed by atoms with van der Waals surface area (Å²) < 4.78 is 28.0. The quantitative estimate of drug-likeness (QED) is 0.383. The van der Waals surface area contributed by atoms with Crippen LogP contribution in [0.4, 0.5) is 20.2 Å². The van der Waals surface area contributed by atoms with Crippen LogP contribution >= 0.6 is 11.8 Å². The molecular weight excluding hydrogens is 392 g/mol. The van der Waals surface area contributed by atoms with Crippen LogP contribution in [0.2, 0.25) is 0 Å². The zero-order valence-electron chi connectivity index (χ0n) is 14.4. The van der Waals surface area contributed by atoms with Gasteiger partial charge in [0.15, 0.2) is 11.0 Å². The highest BCUT2D eigenvalue weighted by Gasteiger charge is 2.16. The molecule has 11 heteroatoms. The summed E-state index contributed by atoms with van der Waals surface area (Å²) in [5.41, 5.74) is 0.0673. The average molecular weight is 405 g/mol. The van der Waals surface area contributed by atoms with E-state index in [0.29, 0.717) is 16.5 Å². The molecule has 0 saturated carbocycles. The monoisotopic (exact) mass is 405 g/mol. The number of hydrogen-bond donors (Lipinski definition) is 1. The first kappa shape index (κ1) is 19.4. The maximum Gasteiger partial charge on any atom is 0.306 e. The molecule has 1 aromatic heterocycles. The summed E-state index contributed by atoms with van der Waals surface area (Å²) in [6, 6.07) is 8.87. The van der Waals surface area contributed by atoms with Crippen LogP contribution in [-0.2, 0) is 11.8 Å². The van der Waals surface area contributed by atoms with E-state index in [1.165, 1.54) is 18.2 Å². The number of halogens is 2. The highest BCUT2D eigenvalue weighted by molar-refractivity contribution is 7.99. The number of benzene rings is 2. The molecule has 3 aromatic rings. The Morgan fingerprint density at radius 3 is 2.61 bits per heavy atom. The number of nitro groups is 1. The number of hydrogen-bond acceptors (Lipinski definition) is 6. The first-order valence-corrected chi connectivity index (χ1v) is 8.85. The van der Waals surface area contributed by atoms with Crippen molar-refractivity contribution < 1.29 is 18.5 Å². The predicted octanol–water partition coefficient (Wildman–Crippen LogP) is 3.40. The Morgan fingerprint density at radius 1 is 1.21 bits per heavy atom. The van der Waals surface area contributed by atoms with E-state index in [4.69, 9.17) is 0 Å². The second-order valence-corrected chi connectivity index (χ2v) is 6.57. The summed E-state index contributed by atoms with van der Waals surface area (Å²) in [6.45, 7) is 0. The molecule has 0 unspecified atom stereocenters. The van der Waals surface area contributed by atoms with Gasteiger partial charge < -0.3 is 9.88 Å². The lowest BCUT2D eigenvalue weighted by Gasteiger charge is -2.06. The maximum atomic E-state index is 13.3. The van der Waals surface area contributed by atoms with Crippen molar-refractivity contribution in [2.24, 2.45) is 7.05 Å². The smallest absolute Gasteiger partial charge is 0.306 e. The zero-order valence-corrected chi connectivity index (χ0v) is 15.2. The standard InChI is InChI=1S/C17H13F2N5O3S/c1-23-16(10-2-4-11(18)5-3-10)21-22-17(23)28-9-15(25)20-12-6-7-13(19)14(8-12)24(26)27/h2-8H,9H2,1H3,(H,20,25). The molecule has 0 aliphatic rings. The average Bonchev–Trinajstić information content (AvgIpc) is 3.02. The van der Waals surface area contributed by atoms with Crippen LogP contribution < -0.4 is 5.32 Å². The van der Waals surface area contributed by atoms with E-state index < -0.39 is 22.3 Å². The SMILES string of the molecule is Cn1c(SCC(=O)Nc2ccc(F)c([N+](=O)[O-])c2)nnc1-c1ccc(F)cc1. The zero-order chi connectivity index (χ0) is 20.3. The highest BCUT2D eigenvalue weighted by atomic mass is 32.2. The van der Waals surface area contributed by atoms with Gasteiger partial charge in [-0.2, -0.15) is 4.39 Å². The van der Waals surface area contributed by atoms with E-state index in [0.717, 1.165) is 23.9 Å². The summed E-state index contributed by atoms with van der Waals surface area (Å²) in [7, 11) is 1.71. The van der Waals surface area contributed by atoms with Crippen LogP contribution in [0.25, 0.3) is 11.4 Å². The number of anilines is 1. The molecule has 0 saturated heterocycles. The van der Waals surface area contributed by atoms with Crippen LogP contribution in [-0.4, -0.2) is 31.3 Å². The predicted molar refractivity (Wildman–Crippen MR) is 98.8 cm³/mol. The molecule has 144 valence electrons. The Hall–Kier alpha value is -3.34. The number of carbonyl (C=O) groups is 1. The van der Waals surface area contributed by atoms with E-state index in [2.05, 4.69) is 15.5 Å². The fraction of sp³-hybridized carbons (Fsp3) is 0.118. The fourth-order valence-corrected chi connectivity index (χ4v) is 3.06. The number of aromatic nitrogens is 3. The molecule has 0 atom stereocenters. The Bertz CT molecular complexity index is 1040. The molecular formula is C17H13F2N5O3S. The second kappa shape index (κ2) is 8.13. The summed E-state index contributed by atoms with van der Waals surface area (Å²) in [4.78, 5) is 22.0. The number of carbonyl (C=O) groups excluding carboxylic acids is 1. The van der Waals surface area contributed by atoms with Crippen LogP contribution in [0.15, 0.2) is 47.6 Å².